The Hall–Kier alpha value is -0.170. The monoisotopic (exact) mass is 250 g/mol. The largest absolute Gasteiger partial charge is 0.385 e. The molecule has 1 fully saturated rings. The van der Waals surface area contributed by atoms with E-state index in [4.69, 9.17) is 10.6 Å². The third-order valence-electron chi connectivity index (χ3n) is 3.08. The van der Waals surface area contributed by atoms with Crippen LogP contribution in [-0.4, -0.2) is 39.7 Å². The van der Waals surface area contributed by atoms with Crippen LogP contribution in [0.4, 0.5) is 0 Å². The number of methoxy groups -OCH3 is 1. The summed E-state index contributed by atoms with van der Waals surface area (Å²) in [5.74, 6) is 6.40. The van der Waals surface area contributed by atoms with Crippen molar-refractivity contribution in [1.29, 1.82) is 0 Å². The normalized spacial score (nSPS) is 25.8. The second-order valence-electron chi connectivity index (χ2n) is 4.50. The van der Waals surface area contributed by atoms with Crippen molar-refractivity contribution in [2.75, 3.05) is 25.2 Å². The molecular weight excluding hydrogens is 228 g/mol. The molecule has 0 spiro atoms. The molecule has 0 bridgehead atoms. The van der Waals surface area contributed by atoms with Crippen LogP contribution >= 0.6 is 0 Å². The Balaban J connectivity index is 2.28. The molecule has 2 atom stereocenters. The van der Waals surface area contributed by atoms with Gasteiger partial charge in [-0.2, -0.15) is 0 Å². The lowest BCUT2D eigenvalue weighted by molar-refractivity contribution is 0.187. The van der Waals surface area contributed by atoms with E-state index in [1.54, 1.807) is 7.11 Å². The van der Waals surface area contributed by atoms with Gasteiger partial charge in [0.2, 0.25) is 0 Å². The molecule has 3 N–H and O–H groups in total. The van der Waals surface area contributed by atoms with Gasteiger partial charge in [0, 0.05) is 19.8 Å². The van der Waals surface area contributed by atoms with Crippen LogP contribution in [0, 0.1) is 5.92 Å². The van der Waals surface area contributed by atoms with Crippen LogP contribution in [-0.2, 0) is 14.6 Å². The number of hydrogen-bond acceptors (Lipinski definition) is 5. The standard InChI is InChI=1S/C10H22N2O3S/c1-15-5-2-3-10(12-11)7-9-4-6-16(13,14)8-9/h9-10,12H,2-8,11H2,1H3. The summed E-state index contributed by atoms with van der Waals surface area (Å²) < 4.78 is 27.6. The van der Waals surface area contributed by atoms with Crippen LogP contribution in [0.1, 0.15) is 25.7 Å². The summed E-state index contributed by atoms with van der Waals surface area (Å²) in [4.78, 5) is 0. The lowest BCUT2D eigenvalue weighted by atomic mass is 9.97. The van der Waals surface area contributed by atoms with E-state index in [-0.39, 0.29) is 12.0 Å². The summed E-state index contributed by atoms with van der Waals surface area (Å²) in [5.41, 5.74) is 2.76. The van der Waals surface area contributed by atoms with E-state index >= 15 is 0 Å². The van der Waals surface area contributed by atoms with Gasteiger partial charge >= 0.3 is 0 Å². The number of rotatable bonds is 7. The van der Waals surface area contributed by atoms with Crippen molar-refractivity contribution >= 4 is 9.84 Å². The molecule has 6 heteroatoms. The van der Waals surface area contributed by atoms with Gasteiger partial charge in [-0.1, -0.05) is 0 Å². The van der Waals surface area contributed by atoms with Gasteiger partial charge < -0.3 is 4.74 Å². The van der Waals surface area contributed by atoms with Gasteiger partial charge in [0.1, 0.15) is 0 Å². The zero-order chi connectivity index (χ0) is 12.0. The van der Waals surface area contributed by atoms with Crippen molar-refractivity contribution in [3.63, 3.8) is 0 Å². The third kappa shape index (κ3) is 4.78. The first-order chi connectivity index (χ1) is 7.57. The minimum absolute atomic E-state index is 0.202. The minimum Gasteiger partial charge on any atom is -0.385 e. The summed E-state index contributed by atoms with van der Waals surface area (Å²) in [6.07, 6.45) is 3.51. The summed E-state index contributed by atoms with van der Waals surface area (Å²) in [7, 11) is -1.09. The lowest BCUT2D eigenvalue weighted by Crippen LogP contribution is -2.37. The number of hydrogen-bond donors (Lipinski definition) is 2. The zero-order valence-electron chi connectivity index (χ0n) is 9.81. The molecule has 1 aliphatic heterocycles. The van der Waals surface area contributed by atoms with Crippen LogP contribution in [0.15, 0.2) is 0 Å². The van der Waals surface area contributed by atoms with Crippen LogP contribution < -0.4 is 11.3 Å². The van der Waals surface area contributed by atoms with Crippen LogP contribution in [0.2, 0.25) is 0 Å². The molecule has 1 saturated heterocycles. The Morgan fingerprint density at radius 1 is 1.56 bits per heavy atom. The second-order valence-corrected chi connectivity index (χ2v) is 6.73. The van der Waals surface area contributed by atoms with E-state index in [1.165, 1.54) is 0 Å². The van der Waals surface area contributed by atoms with Crippen molar-refractivity contribution in [1.82, 2.24) is 5.43 Å². The van der Waals surface area contributed by atoms with Crippen LogP contribution in [0.3, 0.4) is 0 Å². The summed E-state index contributed by atoms with van der Waals surface area (Å²) in [5, 5.41) is 0. The Morgan fingerprint density at radius 3 is 2.81 bits per heavy atom. The van der Waals surface area contributed by atoms with Gasteiger partial charge in [0.25, 0.3) is 0 Å². The van der Waals surface area contributed by atoms with Crippen molar-refractivity contribution in [3.05, 3.63) is 0 Å². The van der Waals surface area contributed by atoms with E-state index in [9.17, 15) is 8.42 Å². The van der Waals surface area contributed by atoms with E-state index in [0.717, 1.165) is 32.3 Å². The van der Waals surface area contributed by atoms with Crippen molar-refractivity contribution in [3.8, 4) is 0 Å². The molecule has 0 aliphatic carbocycles. The first kappa shape index (κ1) is 13.9. The van der Waals surface area contributed by atoms with Crippen molar-refractivity contribution < 1.29 is 13.2 Å². The molecule has 96 valence electrons. The minimum atomic E-state index is -2.77. The van der Waals surface area contributed by atoms with Gasteiger partial charge in [-0.3, -0.25) is 11.3 Å². The summed E-state index contributed by atoms with van der Waals surface area (Å²) in [6.45, 7) is 0.723. The Morgan fingerprint density at radius 2 is 2.31 bits per heavy atom. The van der Waals surface area contributed by atoms with E-state index in [2.05, 4.69) is 5.43 Å². The average Bonchev–Trinajstić information content (AvgIpc) is 2.57. The number of ether oxygens (including phenoxy) is 1. The molecule has 5 nitrogen and oxygen atoms in total. The maximum absolute atomic E-state index is 11.3. The fourth-order valence-electron chi connectivity index (χ4n) is 2.20. The highest BCUT2D eigenvalue weighted by Crippen LogP contribution is 2.23. The molecule has 0 aromatic carbocycles. The summed E-state index contributed by atoms with van der Waals surface area (Å²) in [6, 6.07) is 0.202. The Bertz CT molecular complexity index is 292. The van der Waals surface area contributed by atoms with E-state index in [0.29, 0.717) is 11.5 Å². The van der Waals surface area contributed by atoms with Gasteiger partial charge in [-0.15, -0.1) is 0 Å². The highest BCUT2D eigenvalue weighted by atomic mass is 32.2. The molecule has 1 heterocycles. The highest BCUT2D eigenvalue weighted by Gasteiger charge is 2.29. The smallest absolute Gasteiger partial charge is 0.150 e. The lowest BCUT2D eigenvalue weighted by Gasteiger charge is -2.18. The quantitative estimate of drug-likeness (QED) is 0.380. The first-order valence-corrected chi connectivity index (χ1v) is 7.55. The molecule has 0 saturated carbocycles. The van der Waals surface area contributed by atoms with Gasteiger partial charge in [-0.05, 0) is 31.6 Å². The average molecular weight is 250 g/mol. The molecule has 2 unspecified atom stereocenters. The van der Waals surface area contributed by atoms with Crippen molar-refractivity contribution in [2.24, 2.45) is 11.8 Å². The molecule has 0 radical (unpaired) electrons. The van der Waals surface area contributed by atoms with Crippen LogP contribution in [0.5, 0.6) is 0 Å². The van der Waals surface area contributed by atoms with Crippen molar-refractivity contribution in [2.45, 2.75) is 31.7 Å². The number of nitrogens with two attached hydrogens (primary N) is 1. The fraction of sp³-hybridized carbons (Fsp3) is 1.00. The zero-order valence-corrected chi connectivity index (χ0v) is 10.6. The number of hydrazine groups is 1. The summed E-state index contributed by atoms with van der Waals surface area (Å²) >= 11 is 0. The van der Waals surface area contributed by atoms with Gasteiger partial charge in [0.05, 0.1) is 11.5 Å². The predicted molar refractivity (Wildman–Crippen MR) is 63.6 cm³/mol. The van der Waals surface area contributed by atoms with E-state index < -0.39 is 9.84 Å². The van der Waals surface area contributed by atoms with E-state index in [1.807, 2.05) is 0 Å². The Kier molecular flexibility index (Phi) is 5.68. The van der Waals surface area contributed by atoms with Gasteiger partial charge in [0.15, 0.2) is 9.84 Å². The van der Waals surface area contributed by atoms with Gasteiger partial charge in [-0.25, -0.2) is 8.42 Å². The molecule has 0 amide bonds. The first-order valence-electron chi connectivity index (χ1n) is 5.73. The highest BCUT2D eigenvalue weighted by molar-refractivity contribution is 7.91. The third-order valence-corrected chi connectivity index (χ3v) is 4.92. The maximum Gasteiger partial charge on any atom is 0.150 e. The molecule has 0 aromatic rings. The number of sulfone groups is 1. The second kappa shape index (κ2) is 6.54. The SMILES string of the molecule is COCCCC(CC1CCS(=O)(=O)C1)NN. The molecule has 0 aromatic heterocycles. The molecule has 1 aliphatic rings. The topological polar surface area (TPSA) is 81.4 Å². The fourth-order valence-corrected chi connectivity index (χ4v) is 4.08. The molecular formula is C10H22N2O3S. The molecule has 16 heavy (non-hydrogen) atoms. The molecule has 1 rings (SSSR count). The maximum atomic E-state index is 11.3. The predicted octanol–water partition coefficient (Wildman–Crippen LogP) is 0.0697. The van der Waals surface area contributed by atoms with Crippen LogP contribution in [0.25, 0.3) is 0 Å². The number of nitrogens with one attached hydrogen (secondary N) is 1. The Labute approximate surface area is 97.6 Å².